The van der Waals surface area contributed by atoms with Crippen molar-refractivity contribution < 1.29 is 20.1 Å². The molecule has 4 atom stereocenters. The van der Waals surface area contributed by atoms with Gasteiger partial charge in [0.15, 0.2) is 11.4 Å². The van der Waals surface area contributed by atoms with Crippen LogP contribution in [0.25, 0.3) is 11.0 Å². The molecule has 5 N–H and O–H groups in total. The van der Waals surface area contributed by atoms with Crippen LogP contribution >= 0.6 is 11.8 Å². The number of nitrogen functional groups attached to an aromatic ring is 1. The van der Waals surface area contributed by atoms with Crippen LogP contribution in [0.15, 0.2) is 11.4 Å². The van der Waals surface area contributed by atoms with E-state index in [-0.39, 0.29) is 6.61 Å². The monoisotopic (exact) mass is 326 g/mol. The molecule has 120 valence electrons. The van der Waals surface area contributed by atoms with E-state index in [1.165, 1.54) is 11.8 Å². The predicted molar refractivity (Wildman–Crippen MR) is 81.5 cm³/mol. The lowest BCUT2D eigenvalue weighted by Crippen LogP contribution is -2.33. The number of nitrogens with two attached hydrogens (primary N) is 1. The van der Waals surface area contributed by atoms with Crippen LogP contribution in [0.1, 0.15) is 11.8 Å². The molecule has 3 rings (SSSR count). The Balaban J connectivity index is 2.13. The molecule has 0 amide bonds. The van der Waals surface area contributed by atoms with E-state index in [1.807, 2.05) is 13.2 Å². The first-order valence-electron chi connectivity index (χ1n) is 6.79. The highest BCUT2D eigenvalue weighted by Crippen LogP contribution is 2.35. The molecule has 0 radical (unpaired) electrons. The highest BCUT2D eigenvalue weighted by atomic mass is 32.2. The molecule has 0 saturated carbocycles. The second-order valence-electron chi connectivity index (χ2n) is 5.24. The molecular weight excluding hydrogens is 308 g/mol. The van der Waals surface area contributed by atoms with Gasteiger partial charge >= 0.3 is 0 Å². The van der Waals surface area contributed by atoms with Crippen molar-refractivity contribution in [3.8, 4) is 0 Å². The summed E-state index contributed by atoms with van der Waals surface area (Å²) in [6.45, 7) is 1.48. The van der Waals surface area contributed by atoms with E-state index < -0.39 is 24.5 Å². The first-order chi connectivity index (χ1) is 10.5. The van der Waals surface area contributed by atoms with E-state index in [4.69, 9.17) is 10.5 Å². The van der Waals surface area contributed by atoms with Crippen LogP contribution in [0.2, 0.25) is 0 Å². The summed E-state index contributed by atoms with van der Waals surface area (Å²) in [4.78, 5) is 8.64. The largest absolute Gasteiger partial charge is 0.394 e. The topological polar surface area (TPSA) is 127 Å². The predicted octanol–water partition coefficient (Wildman–Crippen LogP) is -0.345. The van der Waals surface area contributed by atoms with Crippen molar-refractivity contribution in [3.05, 3.63) is 11.8 Å². The maximum atomic E-state index is 10.2. The second-order valence-corrected chi connectivity index (χ2v) is 6.02. The van der Waals surface area contributed by atoms with E-state index in [0.29, 0.717) is 22.0 Å². The number of aromatic nitrogens is 3. The number of nitrogens with zero attached hydrogens (tertiary/aromatic N) is 3. The smallest absolute Gasteiger partial charge is 0.191 e. The molecule has 3 heterocycles. The molecule has 1 aliphatic heterocycles. The number of rotatable bonds is 3. The van der Waals surface area contributed by atoms with Crippen molar-refractivity contribution in [1.29, 1.82) is 0 Å². The van der Waals surface area contributed by atoms with Crippen molar-refractivity contribution in [2.45, 2.75) is 36.6 Å². The number of ether oxygens (including phenoxy) is 1. The first-order valence-corrected chi connectivity index (χ1v) is 8.01. The molecule has 0 aromatic carbocycles. The summed E-state index contributed by atoms with van der Waals surface area (Å²) in [5.41, 5.74) is 7.37. The van der Waals surface area contributed by atoms with Gasteiger partial charge in [0.2, 0.25) is 0 Å². The number of anilines is 1. The van der Waals surface area contributed by atoms with Crippen LogP contribution < -0.4 is 5.73 Å². The van der Waals surface area contributed by atoms with E-state index in [0.717, 1.165) is 5.56 Å². The van der Waals surface area contributed by atoms with E-state index in [2.05, 4.69) is 9.97 Å². The maximum absolute atomic E-state index is 10.2. The Labute approximate surface area is 130 Å². The van der Waals surface area contributed by atoms with Crippen molar-refractivity contribution >= 4 is 28.6 Å². The zero-order valence-electron chi connectivity index (χ0n) is 12.2. The van der Waals surface area contributed by atoms with E-state index >= 15 is 0 Å². The molecule has 1 aliphatic rings. The zero-order chi connectivity index (χ0) is 16.0. The van der Waals surface area contributed by atoms with Crippen molar-refractivity contribution in [1.82, 2.24) is 14.5 Å². The van der Waals surface area contributed by atoms with Crippen molar-refractivity contribution in [2.24, 2.45) is 0 Å². The lowest BCUT2D eigenvalue weighted by Gasteiger charge is -2.17. The van der Waals surface area contributed by atoms with Gasteiger partial charge in [-0.2, -0.15) is 0 Å². The van der Waals surface area contributed by atoms with Gasteiger partial charge in [-0.3, -0.25) is 0 Å². The highest BCUT2D eigenvalue weighted by molar-refractivity contribution is 7.98. The third-order valence-corrected chi connectivity index (χ3v) is 4.39. The van der Waals surface area contributed by atoms with Crippen LogP contribution in [0.5, 0.6) is 0 Å². The summed E-state index contributed by atoms with van der Waals surface area (Å²) < 4.78 is 7.19. The molecule has 8 nitrogen and oxygen atoms in total. The number of thioether (sulfide) groups is 1. The van der Waals surface area contributed by atoms with Gasteiger partial charge in [0.05, 0.1) is 12.0 Å². The lowest BCUT2D eigenvalue weighted by molar-refractivity contribution is -0.0509. The zero-order valence-corrected chi connectivity index (χ0v) is 13.0. The van der Waals surface area contributed by atoms with Crippen LogP contribution in [-0.4, -0.2) is 61.0 Å². The fraction of sp³-hybridized carbons (Fsp3) is 0.538. The Hall–Kier alpha value is -1.39. The number of hydrogen-bond donors (Lipinski definition) is 4. The van der Waals surface area contributed by atoms with Gasteiger partial charge in [-0.05, 0) is 18.7 Å². The Morgan fingerprint density at radius 1 is 1.36 bits per heavy atom. The van der Waals surface area contributed by atoms with Crippen LogP contribution in [0.3, 0.4) is 0 Å². The third kappa shape index (κ3) is 2.25. The Morgan fingerprint density at radius 3 is 2.68 bits per heavy atom. The standard InChI is InChI=1S/C13H18N4O4S/c1-5-3-17(12-9(20)8(19)6(4-18)21-12)11-7(5)10(14)15-13(16-11)22-2/h3,6,8-9,12,18-20H,4H2,1-2H3,(H2,14,15,16)/t6?,8-,9-,12+/m1/s1. The fourth-order valence-corrected chi connectivity index (χ4v) is 3.11. The van der Waals surface area contributed by atoms with Gasteiger partial charge in [-0.25, -0.2) is 9.97 Å². The molecule has 1 fully saturated rings. The van der Waals surface area contributed by atoms with Gasteiger partial charge in [-0.15, -0.1) is 0 Å². The Kier molecular flexibility index (Phi) is 4.00. The normalized spacial score (nSPS) is 28.6. The summed E-state index contributed by atoms with van der Waals surface area (Å²) in [6.07, 6.45) is -0.412. The number of aliphatic hydroxyl groups excluding tert-OH is 3. The van der Waals surface area contributed by atoms with Crippen LogP contribution in [0.4, 0.5) is 5.82 Å². The molecule has 9 heteroatoms. The molecule has 0 spiro atoms. The Bertz CT molecular complexity index is 707. The van der Waals surface area contributed by atoms with Gasteiger partial charge in [0.1, 0.15) is 29.8 Å². The summed E-state index contributed by atoms with van der Waals surface area (Å²) in [5, 5.41) is 30.5. The minimum atomic E-state index is -1.17. The molecular formula is C13H18N4O4S. The van der Waals surface area contributed by atoms with Gasteiger partial charge in [-0.1, -0.05) is 11.8 Å². The lowest BCUT2D eigenvalue weighted by atomic mass is 10.1. The third-order valence-electron chi connectivity index (χ3n) is 3.84. The number of aliphatic hydroxyl groups is 3. The number of aryl methyl sites for hydroxylation is 1. The van der Waals surface area contributed by atoms with E-state index in [9.17, 15) is 15.3 Å². The van der Waals surface area contributed by atoms with Gasteiger partial charge < -0.3 is 30.4 Å². The summed E-state index contributed by atoms with van der Waals surface area (Å²) in [5.74, 6) is 0.359. The molecule has 22 heavy (non-hydrogen) atoms. The average molecular weight is 326 g/mol. The highest BCUT2D eigenvalue weighted by Gasteiger charge is 2.44. The molecule has 0 aliphatic carbocycles. The summed E-state index contributed by atoms with van der Waals surface area (Å²) in [7, 11) is 0. The fourth-order valence-electron chi connectivity index (χ4n) is 2.74. The van der Waals surface area contributed by atoms with Gasteiger partial charge in [0, 0.05) is 6.20 Å². The quantitative estimate of drug-likeness (QED) is 0.445. The van der Waals surface area contributed by atoms with Crippen LogP contribution in [0, 0.1) is 6.92 Å². The molecule has 2 aromatic heterocycles. The number of fused-ring (bicyclic) bond motifs is 1. The molecule has 1 unspecified atom stereocenters. The molecule has 0 bridgehead atoms. The van der Waals surface area contributed by atoms with Gasteiger partial charge in [0.25, 0.3) is 0 Å². The maximum Gasteiger partial charge on any atom is 0.191 e. The second kappa shape index (κ2) is 5.67. The molecule has 1 saturated heterocycles. The molecule has 2 aromatic rings. The van der Waals surface area contributed by atoms with Crippen LogP contribution in [-0.2, 0) is 4.74 Å². The first kappa shape index (κ1) is 15.5. The van der Waals surface area contributed by atoms with E-state index in [1.54, 1.807) is 10.8 Å². The summed E-state index contributed by atoms with van der Waals surface area (Å²) >= 11 is 1.36. The SMILES string of the molecule is CSc1nc(N)c2c(C)cn([C@H]3OC(CO)[C@@H](O)[C@H]3O)c2n1. The number of hydrogen-bond acceptors (Lipinski definition) is 8. The van der Waals surface area contributed by atoms with Crippen molar-refractivity contribution in [3.63, 3.8) is 0 Å². The minimum Gasteiger partial charge on any atom is -0.394 e. The van der Waals surface area contributed by atoms with Crippen molar-refractivity contribution in [2.75, 3.05) is 18.6 Å². The minimum absolute atomic E-state index is 0.359. The summed E-state index contributed by atoms with van der Waals surface area (Å²) in [6, 6.07) is 0. The average Bonchev–Trinajstić information content (AvgIpc) is 2.98. The Morgan fingerprint density at radius 2 is 2.09 bits per heavy atom.